The van der Waals surface area contributed by atoms with E-state index in [1.807, 2.05) is 0 Å². The summed E-state index contributed by atoms with van der Waals surface area (Å²) in [6.45, 7) is 12.6. The van der Waals surface area contributed by atoms with Crippen molar-refractivity contribution in [2.24, 2.45) is 11.8 Å². The molecule has 1 aliphatic carbocycles. The van der Waals surface area contributed by atoms with Crippen LogP contribution in [-0.4, -0.2) is 28.0 Å². The maximum atomic E-state index is 11.1. The van der Waals surface area contributed by atoms with Gasteiger partial charge in [0, 0.05) is 13.0 Å². The molecular formula is C19H38O3Si. The van der Waals surface area contributed by atoms with Gasteiger partial charge in [0.2, 0.25) is 0 Å². The van der Waals surface area contributed by atoms with Gasteiger partial charge in [0.25, 0.3) is 0 Å². The molecule has 0 N–H and O–H groups in total. The summed E-state index contributed by atoms with van der Waals surface area (Å²) in [6, 6.07) is 0. The minimum absolute atomic E-state index is 0.0727. The van der Waals surface area contributed by atoms with Crippen molar-refractivity contribution in [1.29, 1.82) is 0 Å². The minimum atomic E-state index is -1.59. The third-order valence-electron chi connectivity index (χ3n) is 5.92. The van der Waals surface area contributed by atoms with Gasteiger partial charge in [-0.2, -0.15) is 0 Å². The zero-order valence-electron chi connectivity index (χ0n) is 16.2. The van der Waals surface area contributed by atoms with E-state index in [1.54, 1.807) is 0 Å². The Labute approximate surface area is 144 Å². The smallest absolute Gasteiger partial charge is 0.305 e. The van der Waals surface area contributed by atoms with Gasteiger partial charge in [-0.1, -0.05) is 46.5 Å². The lowest BCUT2D eigenvalue weighted by atomic mass is 9.80. The molecule has 0 aliphatic heterocycles. The first kappa shape index (κ1) is 20.7. The molecule has 1 rings (SSSR count). The second-order valence-electron chi connectivity index (χ2n) is 8.78. The fraction of sp³-hybridized carbons (Fsp3) is 0.947. The van der Waals surface area contributed by atoms with Crippen LogP contribution in [0.1, 0.15) is 72.1 Å². The summed E-state index contributed by atoms with van der Waals surface area (Å²) in [4.78, 5) is 11.1. The van der Waals surface area contributed by atoms with E-state index < -0.39 is 8.32 Å². The molecule has 0 spiro atoms. The molecule has 0 aromatic heterocycles. The van der Waals surface area contributed by atoms with Crippen LogP contribution in [0.4, 0.5) is 0 Å². The van der Waals surface area contributed by atoms with Gasteiger partial charge in [-0.25, -0.2) is 0 Å². The summed E-state index contributed by atoms with van der Waals surface area (Å²) in [5.74, 6) is 1.55. The Morgan fingerprint density at radius 1 is 1.04 bits per heavy atom. The maximum Gasteiger partial charge on any atom is 0.305 e. The SMILES string of the molecule is COC(=O)CCCCC1CCC(CO[Si](C)(C)C(C)(C)C)CC1. The molecule has 0 aromatic rings. The molecule has 0 atom stereocenters. The van der Waals surface area contributed by atoms with Gasteiger partial charge in [0.1, 0.15) is 0 Å². The van der Waals surface area contributed by atoms with E-state index in [9.17, 15) is 4.79 Å². The van der Waals surface area contributed by atoms with Crippen LogP contribution in [0.2, 0.25) is 18.1 Å². The summed E-state index contributed by atoms with van der Waals surface area (Å²) in [7, 11) is -0.122. The Balaban J connectivity index is 2.17. The highest BCUT2D eigenvalue weighted by atomic mass is 28.4. The van der Waals surface area contributed by atoms with Gasteiger partial charge in [-0.3, -0.25) is 4.79 Å². The normalized spacial score (nSPS) is 22.9. The van der Waals surface area contributed by atoms with E-state index in [4.69, 9.17) is 4.43 Å². The van der Waals surface area contributed by atoms with Crippen LogP contribution in [0.5, 0.6) is 0 Å². The van der Waals surface area contributed by atoms with Crippen molar-refractivity contribution >= 4 is 14.3 Å². The van der Waals surface area contributed by atoms with Crippen LogP contribution in [0.25, 0.3) is 0 Å². The van der Waals surface area contributed by atoms with Crippen molar-refractivity contribution in [3.05, 3.63) is 0 Å². The molecular weight excluding hydrogens is 304 g/mol. The van der Waals surface area contributed by atoms with Crippen molar-refractivity contribution in [2.45, 2.75) is 90.3 Å². The Morgan fingerprint density at radius 3 is 2.13 bits per heavy atom. The fourth-order valence-corrected chi connectivity index (χ4v) is 4.12. The Bertz CT molecular complexity index is 352. The molecule has 3 nitrogen and oxygen atoms in total. The summed E-state index contributed by atoms with van der Waals surface area (Å²) in [6.07, 6.45) is 9.28. The van der Waals surface area contributed by atoms with Gasteiger partial charge in [0.15, 0.2) is 8.32 Å². The predicted molar refractivity (Wildman–Crippen MR) is 99.1 cm³/mol. The average Bonchev–Trinajstić information content (AvgIpc) is 2.49. The van der Waals surface area contributed by atoms with Crippen LogP contribution < -0.4 is 0 Å². The van der Waals surface area contributed by atoms with Crippen LogP contribution in [0.15, 0.2) is 0 Å². The van der Waals surface area contributed by atoms with Crippen LogP contribution >= 0.6 is 0 Å². The van der Waals surface area contributed by atoms with Crippen LogP contribution in [0, 0.1) is 11.8 Å². The van der Waals surface area contributed by atoms with Crippen LogP contribution in [-0.2, 0) is 14.0 Å². The molecule has 0 saturated heterocycles. The predicted octanol–water partition coefficient (Wildman–Crippen LogP) is 5.55. The van der Waals surface area contributed by atoms with Gasteiger partial charge in [0.05, 0.1) is 7.11 Å². The number of ether oxygens (including phenoxy) is 1. The molecule has 0 amide bonds. The number of carbonyl (C=O) groups excluding carboxylic acids is 1. The molecule has 1 fully saturated rings. The summed E-state index contributed by atoms with van der Waals surface area (Å²) in [5.41, 5.74) is 0. The molecule has 0 radical (unpaired) electrons. The largest absolute Gasteiger partial charge is 0.469 e. The number of esters is 1. The minimum Gasteiger partial charge on any atom is -0.469 e. The maximum absolute atomic E-state index is 11.1. The molecule has 1 aliphatic rings. The zero-order chi connectivity index (χ0) is 17.5. The summed E-state index contributed by atoms with van der Waals surface area (Å²) in [5, 5.41) is 0.309. The van der Waals surface area contributed by atoms with Crippen molar-refractivity contribution in [3.8, 4) is 0 Å². The molecule has 1 saturated carbocycles. The second-order valence-corrected chi connectivity index (χ2v) is 13.6. The number of unbranched alkanes of at least 4 members (excludes halogenated alkanes) is 1. The van der Waals surface area contributed by atoms with Crippen molar-refractivity contribution in [3.63, 3.8) is 0 Å². The molecule has 136 valence electrons. The van der Waals surface area contributed by atoms with E-state index in [1.165, 1.54) is 39.2 Å². The van der Waals surface area contributed by atoms with Crippen molar-refractivity contribution < 1.29 is 14.0 Å². The van der Waals surface area contributed by atoms with E-state index >= 15 is 0 Å². The second kappa shape index (κ2) is 9.21. The third kappa shape index (κ3) is 7.38. The highest BCUT2D eigenvalue weighted by molar-refractivity contribution is 6.74. The van der Waals surface area contributed by atoms with Crippen LogP contribution in [0.3, 0.4) is 0 Å². The lowest BCUT2D eigenvalue weighted by molar-refractivity contribution is -0.140. The molecule has 0 heterocycles. The van der Waals surface area contributed by atoms with E-state index in [-0.39, 0.29) is 5.97 Å². The Hall–Kier alpha value is -0.353. The standard InChI is InChI=1S/C19H38O3Si/c1-19(2,3)23(5,6)22-15-17-13-11-16(12-14-17)9-7-8-10-18(20)21-4/h16-17H,7-15H2,1-6H3. The average molecular weight is 343 g/mol. The van der Waals surface area contributed by atoms with Crippen molar-refractivity contribution in [1.82, 2.24) is 0 Å². The topological polar surface area (TPSA) is 35.5 Å². The quantitative estimate of drug-likeness (QED) is 0.330. The molecule has 4 heteroatoms. The van der Waals surface area contributed by atoms with E-state index in [0.29, 0.717) is 11.5 Å². The van der Waals surface area contributed by atoms with Gasteiger partial charge >= 0.3 is 5.97 Å². The van der Waals surface area contributed by atoms with E-state index in [2.05, 4.69) is 38.6 Å². The number of hydrogen-bond acceptors (Lipinski definition) is 3. The first-order valence-corrected chi connectivity index (χ1v) is 12.3. The van der Waals surface area contributed by atoms with Gasteiger partial charge in [-0.05, 0) is 49.2 Å². The molecule has 0 bridgehead atoms. The van der Waals surface area contributed by atoms with E-state index in [0.717, 1.165) is 31.3 Å². The zero-order valence-corrected chi connectivity index (χ0v) is 17.2. The van der Waals surface area contributed by atoms with Crippen molar-refractivity contribution in [2.75, 3.05) is 13.7 Å². The first-order chi connectivity index (χ1) is 10.7. The molecule has 0 aromatic carbocycles. The first-order valence-electron chi connectivity index (χ1n) is 9.36. The fourth-order valence-electron chi connectivity index (χ4n) is 3.03. The molecule has 0 unspecified atom stereocenters. The lowest BCUT2D eigenvalue weighted by Crippen LogP contribution is -2.42. The monoisotopic (exact) mass is 342 g/mol. The number of hydrogen-bond donors (Lipinski definition) is 0. The highest BCUT2D eigenvalue weighted by Crippen LogP contribution is 2.38. The Morgan fingerprint density at radius 2 is 1.61 bits per heavy atom. The molecule has 23 heavy (non-hydrogen) atoms. The lowest BCUT2D eigenvalue weighted by Gasteiger charge is -2.38. The summed E-state index contributed by atoms with van der Waals surface area (Å²) >= 11 is 0. The van der Waals surface area contributed by atoms with Gasteiger partial charge < -0.3 is 9.16 Å². The van der Waals surface area contributed by atoms with Gasteiger partial charge in [-0.15, -0.1) is 0 Å². The highest BCUT2D eigenvalue weighted by Gasteiger charge is 2.37. The third-order valence-corrected chi connectivity index (χ3v) is 10.4. The number of rotatable bonds is 8. The summed E-state index contributed by atoms with van der Waals surface area (Å²) < 4.78 is 11.1. The number of methoxy groups -OCH3 is 1. The Kier molecular flexibility index (Phi) is 8.29. The number of carbonyl (C=O) groups is 1.